The standard InChI is InChI=1S/C14H14FN3O3/c1-9-8-12(19)13(14(20)17(2)21-3)16-18(9)11-7-5-4-6-10(11)15/h4-8H,1-3H3. The molecule has 0 saturated carbocycles. The van der Waals surface area contributed by atoms with Crippen LogP contribution in [-0.4, -0.2) is 34.9 Å². The first-order chi connectivity index (χ1) is 9.95. The highest BCUT2D eigenvalue weighted by Crippen LogP contribution is 2.13. The van der Waals surface area contributed by atoms with Crippen LogP contribution >= 0.6 is 0 Å². The maximum absolute atomic E-state index is 13.9. The summed E-state index contributed by atoms with van der Waals surface area (Å²) < 4.78 is 15.1. The number of carbonyl (C=O) groups is 1. The van der Waals surface area contributed by atoms with Crippen LogP contribution in [0.5, 0.6) is 0 Å². The number of para-hydroxylation sites is 1. The average molecular weight is 291 g/mol. The highest BCUT2D eigenvalue weighted by atomic mass is 19.1. The van der Waals surface area contributed by atoms with E-state index in [0.717, 1.165) is 5.06 Å². The summed E-state index contributed by atoms with van der Waals surface area (Å²) in [5.74, 6) is -1.21. The predicted octanol–water partition coefficient (Wildman–Crippen LogP) is 1.31. The smallest absolute Gasteiger partial charge is 0.287 e. The quantitative estimate of drug-likeness (QED) is 0.800. The van der Waals surface area contributed by atoms with Crippen LogP contribution in [0, 0.1) is 12.7 Å². The zero-order valence-corrected chi connectivity index (χ0v) is 11.8. The fourth-order valence-electron chi connectivity index (χ4n) is 1.79. The van der Waals surface area contributed by atoms with Gasteiger partial charge in [-0.2, -0.15) is 5.10 Å². The van der Waals surface area contributed by atoms with E-state index in [2.05, 4.69) is 5.10 Å². The van der Waals surface area contributed by atoms with Crippen LogP contribution in [0.1, 0.15) is 16.2 Å². The number of aryl methyl sites for hydroxylation is 1. The minimum atomic E-state index is -0.701. The van der Waals surface area contributed by atoms with Crippen LogP contribution in [0.15, 0.2) is 35.1 Å². The van der Waals surface area contributed by atoms with Crippen molar-refractivity contribution in [3.05, 3.63) is 57.8 Å². The Bertz CT molecular complexity index is 742. The Morgan fingerprint density at radius 3 is 2.67 bits per heavy atom. The van der Waals surface area contributed by atoms with E-state index < -0.39 is 17.2 Å². The van der Waals surface area contributed by atoms with E-state index in [1.165, 1.54) is 37.0 Å². The number of amides is 1. The van der Waals surface area contributed by atoms with Gasteiger partial charge in [0.2, 0.25) is 5.43 Å². The lowest BCUT2D eigenvalue weighted by Crippen LogP contribution is -2.33. The van der Waals surface area contributed by atoms with E-state index in [-0.39, 0.29) is 11.4 Å². The van der Waals surface area contributed by atoms with Crippen molar-refractivity contribution >= 4 is 5.91 Å². The van der Waals surface area contributed by atoms with E-state index in [0.29, 0.717) is 5.69 Å². The largest absolute Gasteiger partial charge is 0.301 e. The van der Waals surface area contributed by atoms with Gasteiger partial charge in [0, 0.05) is 18.8 Å². The lowest BCUT2D eigenvalue weighted by Gasteiger charge is -2.15. The van der Waals surface area contributed by atoms with Gasteiger partial charge in [0.25, 0.3) is 0 Å². The first kappa shape index (κ1) is 14.9. The number of aromatic nitrogens is 2. The van der Waals surface area contributed by atoms with Crippen LogP contribution in [0.3, 0.4) is 0 Å². The van der Waals surface area contributed by atoms with Crippen molar-refractivity contribution < 1.29 is 14.0 Å². The second-order valence-corrected chi connectivity index (χ2v) is 4.35. The van der Waals surface area contributed by atoms with Crippen LogP contribution in [0.2, 0.25) is 0 Å². The highest BCUT2D eigenvalue weighted by Gasteiger charge is 2.19. The second kappa shape index (κ2) is 5.84. The molecule has 0 atom stereocenters. The summed E-state index contributed by atoms with van der Waals surface area (Å²) >= 11 is 0. The number of hydrogen-bond acceptors (Lipinski definition) is 4. The van der Waals surface area contributed by atoms with Crippen LogP contribution < -0.4 is 5.43 Å². The molecule has 0 fully saturated rings. The van der Waals surface area contributed by atoms with Crippen molar-refractivity contribution in [2.24, 2.45) is 0 Å². The van der Waals surface area contributed by atoms with Crippen molar-refractivity contribution in [1.29, 1.82) is 0 Å². The monoisotopic (exact) mass is 291 g/mol. The SMILES string of the molecule is CON(C)C(=O)c1nn(-c2ccccc2F)c(C)cc1=O. The molecule has 1 amide bonds. The molecule has 0 saturated heterocycles. The molecule has 110 valence electrons. The Hall–Kier alpha value is -2.54. The zero-order chi connectivity index (χ0) is 15.6. The third kappa shape index (κ3) is 2.82. The van der Waals surface area contributed by atoms with Crippen molar-refractivity contribution in [1.82, 2.24) is 14.8 Å². The Labute approximate surface area is 120 Å². The van der Waals surface area contributed by atoms with E-state index in [4.69, 9.17) is 4.84 Å². The number of halogens is 1. The molecule has 0 aliphatic carbocycles. The van der Waals surface area contributed by atoms with Gasteiger partial charge in [0.05, 0.1) is 7.11 Å². The second-order valence-electron chi connectivity index (χ2n) is 4.35. The zero-order valence-electron chi connectivity index (χ0n) is 11.8. The van der Waals surface area contributed by atoms with Crippen LogP contribution in [0.25, 0.3) is 5.69 Å². The van der Waals surface area contributed by atoms with E-state index in [9.17, 15) is 14.0 Å². The Balaban J connectivity index is 2.62. The molecule has 1 heterocycles. The molecule has 0 aliphatic rings. The molecular weight excluding hydrogens is 277 g/mol. The van der Waals surface area contributed by atoms with Gasteiger partial charge in [-0.3, -0.25) is 14.4 Å². The van der Waals surface area contributed by atoms with Crippen LogP contribution in [0.4, 0.5) is 4.39 Å². The number of benzene rings is 1. The molecule has 1 aromatic carbocycles. The third-order valence-electron chi connectivity index (χ3n) is 2.95. The third-order valence-corrected chi connectivity index (χ3v) is 2.95. The van der Waals surface area contributed by atoms with E-state index in [1.54, 1.807) is 19.1 Å². The number of carbonyl (C=O) groups excluding carboxylic acids is 1. The molecule has 6 nitrogen and oxygen atoms in total. The average Bonchev–Trinajstić information content (AvgIpc) is 2.47. The fourth-order valence-corrected chi connectivity index (χ4v) is 1.79. The highest BCUT2D eigenvalue weighted by molar-refractivity contribution is 5.91. The molecule has 0 radical (unpaired) electrons. The van der Waals surface area contributed by atoms with Gasteiger partial charge in [-0.05, 0) is 19.1 Å². The Morgan fingerprint density at radius 2 is 2.05 bits per heavy atom. The lowest BCUT2D eigenvalue weighted by atomic mass is 10.2. The van der Waals surface area contributed by atoms with Crippen molar-refractivity contribution in [2.45, 2.75) is 6.92 Å². The molecule has 1 aromatic heterocycles. The summed E-state index contributed by atoms with van der Waals surface area (Å²) in [4.78, 5) is 28.6. The van der Waals surface area contributed by atoms with Crippen molar-refractivity contribution in [3.63, 3.8) is 0 Å². The van der Waals surface area contributed by atoms with E-state index >= 15 is 0 Å². The minimum absolute atomic E-state index is 0.157. The number of hydrogen-bond donors (Lipinski definition) is 0. The first-order valence-corrected chi connectivity index (χ1v) is 6.13. The van der Waals surface area contributed by atoms with Gasteiger partial charge in [0.15, 0.2) is 5.69 Å². The summed E-state index contributed by atoms with van der Waals surface area (Å²) in [6, 6.07) is 7.20. The topological polar surface area (TPSA) is 64.4 Å². The first-order valence-electron chi connectivity index (χ1n) is 6.13. The summed E-state index contributed by atoms with van der Waals surface area (Å²) in [6.07, 6.45) is 0. The number of rotatable bonds is 3. The van der Waals surface area contributed by atoms with E-state index in [1.807, 2.05) is 0 Å². The normalized spacial score (nSPS) is 10.5. The van der Waals surface area contributed by atoms with Gasteiger partial charge < -0.3 is 0 Å². The molecule has 0 aliphatic heterocycles. The molecule has 2 aromatic rings. The predicted molar refractivity (Wildman–Crippen MR) is 73.6 cm³/mol. The molecule has 0 bridgehead atoms. The number of nitrogens with zero attached hydrogens (tertiary/aromatic N) is 3. The molecule has 0 N–H and O–H groups in total. The van der Waals surface area contributed by atoms with Gasteiger partial charge in [-0.25, -0.2) is 14.1 Å². The van der Waals surface area contributed by atoms with Gasteiger partial charge in [0.1, 0.15) is 11.5 Å². The van der Waals surface area contributed by atoms with Crippen LogP contribution in [-0.2, 0) is 4.84 Å². The molecule has 0 spiro atoms. The maximum Gasteiger partial charge on any atom is 0.301 e. The summed E-state index contributed by atoms with van der Waals surface area (Å²) in [6.45, 7) is 1.61. The molecule has 0 unspecified atom stereocenters. The van der Waals surface area contributed by atoms with Gasteiger partial charge in [-0.1, -0.05) is 12.1 Å². The van der Waals surface area contributed by atoms with Crippen molar-refractivity contribution in [2.75, 3.05) is 14.2 Å². The van der Waals surface area contributed by atoms with Gasteiger partial charge >= 0.3 is 5.91 Å². The molecule has 7 heteroatoms. The summed E-state index contributed by atoms with van der Waals surface area (Å²) in [5.41, 5.74) is -0.312. The summed E-state index contributed by atoms with van der Waals surface area (Å²) in [7, 11) is 2.65. The number of hydroxylamine groups is 2. The molecular formula is C14H14FN3O3. The fraction of sp³-hybridized carbons (Fsp3) is 0.214. The van der Waals surface area contributed by atoms with Gasteiger partial charge in [-0.15, -0.1) is 0 Å². The maximum atomic E-state index is 13.9. The Kier molecular flexibility index (Phi) is 4.13. The Morgan fingerprint density at radius 1 is 1.38 bits per heavy atom. The minimum Gasteiger partial charge on any atom is -0.287 e. The molecule has 2 rings (SSSR count). The lowest BCUT2D eigenvalue weighted by molar-refractivity contribution is -0.0762. The molecule has 21 heavy (non-hydrogen) atoms. The van der Waals surface area contributed by atoms with Crippen molar-refractivity contribution in [3.8, 4) is 5.69 Å². The summed E-state index contributed by atoms with van der Waals surface area (Å²) in [5, 5.41) is 4.84.